The third-order valence-corrected chi connectivity index (χ3v) is 6.66. The van der Waals surface area contributed by atoms with Crippen molar-refractivity contribution in [3.8, 4) is 23.7 Å². The van der Waals surface area contributed by atoms with Gasteiger partial charge in [0.05, 0.1) is 23.4 Å². The lowest BCUT2D eigenvalue weighted by molar-refractivity contribution is -0.156. The van der Waals surface area contributed by atoms with E-state index in [4.69, 9.17) is 4.74 Å². The van der Waals surface area contributed by atoms with E-state index in [0.29, 0.717) is 6.42 Å². The molecule has 2 aromatic carbocycles. The maximum atomic E-state index is 13.3. The number of aryl methyl sites for hydroxylation is 1. The summed E-state index contributed by atoms with van der Waals surface area (Å²) in [6.45, 7) is 9.16. The summed E-state index contributed by atoms with van der Waals surface area (Å²) < 4.78 is 33.4. The number of benzene rings is 2. The van der Waals surface area contributed by atoms with Crippen LogP contribution in [0.25, 0.3) is 0 Å². The first-order valence-electron chi connectivity index (χ1n) is 11.3. The Morgan fingerprint density at radius 1 is 1.00 bits per heavy atom. The second-order valence-corrected chi connectivity index (χ2v) is 10.9. The summed E-state index contributed by atoms with van der Waals surface area (Å²) >= 11 is 0. The maximum Gasteiger partial charge on any atom is 0.312 e. The summed E-state index contributed by atoms with van der Waals surface area (Å²) in [6.07, 6.45) is 0.772. The number of esters is 1. The van der Waals surface area contributed by atoms with Gasteiger partial charge >= 0.3 is 5.97 Å². The molecule has 1 atom stereocenters. The van der Waals surface area contributed by atoms with Gasteiger partial charge in [-0.2, -0.15) is 4.31 Å². The van der Waals surface area contributed by atoms with E-state index in [-0.39, 0.29) is 24.0 Å². The van der Waals surface area contributed by atoms with Gasteiger partial charge < -0.3 is 4.74 Å². The number of hydrogen-bond donors (Lipinski definition) is 0. The fraction of sp³-hybridized carbons (Fsp3) is 0.393. The van der Waals surface area contributed by atoms with Gasteiger partial charge in [-0.1, -0.05) is 72.9 Å². The molecule has 5 nitrogen and oxygen atoms in total. The number of sulfonamides is 1. The molecule has 1 unspecified atom stereocenters. The van der Waals surface area contributed by atoms with Crippen LogP contribution in [0.15, 0.2) is 59.5 Å². The first-order valence-corrected chi connectivity index (χ1v) is 12.8. The van der Waals surface area contributed by atoms with E-state index in [0.717, 1.165) is 17.5 Å². The highest BCUT2D eigenvalue weighted by molar-refractivity contribution is 7.89. The molecule has 0 aromatic heterocycles. The summed E-state index contributed by atoms with van der Waals surface area (Å²) in [4.78, 5) is 12.5. The largest absolute Gasteiger partial charge is 0.449 e. The van der Waals surface area contributed by atoms with E-state index >= 15 is 0 Å². The van der Waals surface area contributed by atoms with E-state index < -0.39 is 21.5 Å². The van der Waals surface area contributed by atoms with E-state index in [1.165, 1.54) is 4.31 Å². The minimum absolute atomic E-state index is 0.0139. The summed E-state index contributed by atoms with van der Waals surface area (Å²) in [5.74, 6) is 11.5. The number of hydrogen-bond acceptors (Lipinski definition) is 4. The molecule has 0 radical (unpaired) electrons. The topological polar surface area (TPSA) is 63.7 Å². The van der Waals surface area contributed by atoms with Gasteiger partial charge in [0, 0.05) is 5.56 Å². The number of carbonyl (C=O) groups is 1. The van der Waals surface area contributed by atoms with Crippen molar-refractivity contribution in [3.63, 3.8) is 0 Å². The molecule has 0 aliphatic heterocycles. The standard InChI is InChI=1S/C28H33NO4S/c1-6-12-25(33-27(30)28(3,4)5)16-11-22-29(21-10-15-24-13-8-7-9-14-24)34(31,32)26-19-17-23(2)18-20-26/h7-9,13-14,17-20,25H,6,12,21-22H2,1-5H3. The Labute approximate surface area is 204 Å². The third kappa shape index (κ3) is 8.37. The highest BCUT2D eigenvalue weighted by atomic mass is 32.2. The highest BCUT2D eigenvalue weighted by Gasteiger charge is 2.26. The first kappa shape index (κ1) is 27.2. The fourth-order valence-corrected chi connectivity index (χ4v) is 4.06. The van der Waals surface area contributed by atoms with Crippen molar-refractivity contribution < 1.29 is 17.9 Å². The van der Waals surface area contributed by atoms with Crippen molar-refractivity contribution in [1.82, 2.24) is 4.31 Å². The minimum Gasteiger partial charge on any atom is -0.449 e. The summed E-state index contributed by atoms with van der Waals surface area (Å²) in [7, 11) is -3.81. The number of ether oxygens (including phenoxy) is 1. The molecule has 0 heterocycles. The zero-order valence-electron chi connectivity index (χ0n) is 20.6. The van der Waals surface area contributed by atoms with Crippen molar-refractivity contribution in [2.24, 2.45) is 5.41 Å². The summed E-state index contributed by atoms with van der Waals surface area (Å²) in [6, 6.07) is 16.1. The third-order valence-electron chi connectivity index (χ3n) is 4.85. The molecule has 0 aliphatic rings. The monoisotopic (exact) mass is 479 g/mol. The van der Waals surface area contributed by atoms with Crippen LogP contribution in [0.1, 0.15) is 51.7 Å². The molecule has 0 saturated heterocycles. The van der Waals surface area contributed by atoms with E-state index in [2.05, 4.69) is 23.7 Å². The van der Waals surface area contributed by atoms with Gasteiger partial charge in [-0.25, -0.2) is 8.42 Å². The molecule has 2 aromatic rings. The van der Waals surface area contributed by atoms with Crippen molar-refractivity contribution >= 4 is 16.0 Å². The van der Waals surface area contributed by atoms with Crippen LogP contribution in [0.4, 0.5) is 0 Å². The average Bonchev–Trinajstić information content (AvgIpc) is 2.78. The predicted octanol–water partition coefficient (Wildman–Crippen LogP) is 4.80. The molecule has 0 saturated carbocycles. The molecule has 0 spiro atoms. The van der Waals surface area contributed by atoms with Crippen molar-refractivity contribution in [1.29, 1.82) is 0 Å². The normalized spacial score (nSPS) is 12.2. The van der Waals surface area contributed by atoms with Crippen LogP contribution < -0.4 is 0 Å². The zero-order valence-corrected chi connectivity index (χ0v) is 21.4. The Bertz CT molecular complexity index is 1170. The lowest BCUT2D eigenvalue weighted by atomic mass is 9.97. The highest BCUT2D eigenvalue weighted by Crippen LogP contribution is 2.18. The Morgan fingerprint density at radius 2 is 1.62 bits per heavy atom. The van der Waals surface area contributed by atoms with E-state index in [9.17, 15) is 13.2 Å². The van der Waals surface area contributed by atoms with E-state index in [1.807, 2.05) is 44.2 Å². The van der Waals surface area contributed by atoms with Crippen LogP contribution in [0.2, 0.25) is 0 Å². The Morgan fingerprint density at radius 3 is 2.21 bits per heavy atom. The molecule has 0 amide bonds. The molecule has 34 heavy (non-hydrogen) atoms. The Balaban J connectivity index is 2.28. The molecule has 180 valence electrons. The Hall–Kier alpha value is -3.06. The summed E-state index contributed by atoms with van der Waals surface area (Å²) in [5.41, 5.74) is 1.14. The number of nitrogens with zero attached hydrogens (tertiary/aromatic N) is 1. The van der Waals surface area contributed by atoms with Crippen LogP contribution in [-0.4, -0.2) is 37.9 Å². The van der Waals surface area contributed by atoms with Crippen LogP contribution in [-0.2, 0) is 19.6 Å². The van der Waals surface area contributed by atoms with Gasteiger partial charge in [-0.3, -0.25) is 4.79 Å². The maximum absolute atomic E-state index is 13.3. The summed E-state index contributed by atoms with van der Waals surface area (Å²) in [5, 5.41) is 0. The quantitative estimate of drug-likeness (QED) is 0.423. The molecule has 0 N–H and O–H groups in total. The smallest absolute Gasteiger partial charge is 0.312 e. The van der Waals surface area contributed by atoms with Gasteiger partial charge in [-0.05, 0) is 58.4 Å². The van der Waals surface area contributed by atoms with Crippen molar-refractivity contribution in [2.75, 3.05) is 13.1 Å². The van der Waals surface area contributed by atoms with Crippen LogP contribution in [0.5, 0.6) is 0 Å². The molecular weight excluding hydrogens is 446 g/mol. The van der Waals surface area contributed by atoms with Crippen LogP contribution in [0.3, 0.4) is 0 Å². The lowest BCUT2D eigenvalue weighted by Crippen LogP contribution is -2.32. The van der Waals surface area contributed by atoms with Crippen molar-refractivity contribution in [3.05, 3.63) is 65.7 Å². The molecule has 0 aliphatic carbocycles. The second-order valence-electron chi connectivity index (χ2n) is 9.01. The lowest BCUT2D eigenvalue weighted by Gasteiger charge is -2.20. The van der Waals surface area contributed by atoms with E-state index in [1.54, 1.807) is 45.0 Å². The van der Waals surface area contributed by atoms with Crippen molar-refractivity contribution in [2.45, 2.75) is 58.5 Å². The van der Waals surface area contributed by atoms with Gasteiger partial charge in [0.1, 0.15) is 0 Å². The van der Waals surface area contributed by atoms with Gasteiger partial charge in [0.15, 0.2) is 6.10 Å². The van der Waals surface area contributed by atoms with Gasteiger partial charge in [-0.15, -0.1) is 0 Å². The SMILES string of the molecule is CCCC(C#CCN(CC#Cc1ccccc1)S(=O)(=O)c1ccc(C)cc1)OC(=O)C(C)(C)C. The fourth-order valence-electron chi connectivity index (χ4n) is 2.81. The predicted molar refractivity (Wildman–Crippen MR) is 135 cm³/mol. The average molecular weight is 480 g/mol. The molecular formula is C28H33NO4S. The van der Waals surface area contributed by atoms with Gasteiger partial charge in [0.25, 0.3) is 0 Å². The first-order chi connectivity index (χ1) is 16.0. The van der Waals surface area contributed by atoms with Gasteiger partial charge in [0.2, 0.25) is 10.0 Å². The number of rotatable bonds is 7. The van der Waals surface area contributed by atoms with Crippen LogP contribution in [0, 0.1) is 36.0 Å². The molecule has 0 bridgehead atoms. The molecule has 0 fully saturated rings. The molecule has 2 rings (SSSR count). The minimum atomic E-state index is -3.81. The molecule has 6 heteroatoms. The second kappa shape index (κ2) is 12.4. The van der Waals surface area contributed by atoms with Crippen LogP contribution >= 0.6 is 0 Å². The number of carbonyl (C=O) groups excluding carboxylic acids is 1. The Kier molecular flexibility index (Phi) is 9.93. The zero-order chi connectivity index (χ0) is 25.2.